The van der Waals surface area contributed by atoms with Gasteiger partial charge in [0.25, 0.3) is 5.91 Å². The lowest BCUT2D eigenvalue weighted by Gasteiger charge is -2.12. The molecule has 0 unspecified atom stereocenters. The molecule has 2 aromatic carbocycles. The standard InChI is InChI=1S/C19H18ClN3O2/c1-13-3-4-14(2)17(11-13)22-19(24)18-9-10-21-23(18)12-25-16-7-5-15(20)6-8-16/h3-11H,12H2,1-2H3,(H,22,24). The summed E-state index contributed by atoms with van der Waals surface area (Å²) in [6, 6.07) is 14.6. The fourth-order valence-corrected chi connectivity index (χ4v) is 2.48. The maximum absolute atomic E-state index is 12.6. The number of halogens is 1. The lowest BCUT2D eigenvalue weighted by atomic mass is 10.1. The fraction of sp³-hybridized carbons (Fsp3) is 0.158. The Labute approximate surface area is 151 Å². The second kappa shape index (κ2) is 7.40. The smallest absolute Gasteiger partial charge is 0.274 e. The average molecular weight is 356 g/mol. The molecule has 5 nitrogen and oxygen atoms in total. The van der Waals surface area contributed by atoms with E-state index in [1.807, 2.05) is 32.0 Å². The first-order valence-corrected chi connectivity index (χ1v) is 8.19. The summed E-state index contributed by atoms with van der Waals surface area (Å²) in [7, 11) is 0. The minimum absolute atomic E-state index is 0.129. The summed E-state index contributed by atoms with van der Waals surface area (Å²) in [4.78, 5) is 12.6. The van der Waals surface area contributed by atoms with Gasteiger partial charge in [-0.3, -0.25) is 4.79 Å². The van der Waals surface area contributed by atoms with Crippen LogP contribution < -0.4 is 10.1 Å². The molecule has 0 bridgehead atoms. The number of aryl methyl sites for hydroxylation is 2. The Morgan fingerprint density at radius 3 is 2.68 bits per heavy atom. The molecular formula is C19H18ClN3O2. The van der Waals surface area contributed by atoms with Gasteiger partial charge >= 0.3 is 0 Å². The minimum atomic E-state index is -0.231. The van der Waals surface area contributed by atoms with E-state index in [0.29, 0.717) is 16.5 Å². The SMILES string of the molecule is Cc1ccc(C)c(NC(=O)c2ccnn2COc2ccc(Cl)cc2)c1. The van der Waals surface area contributed by atoms with Crippen molar-refractivity contribution in [3.63, 3.8) is 0 Å². The number of ether oxygens (including phenoxy) is 1. The van der Waals surface area contributed by atoms with Crippen molar-refractivity contribution in [2.45, 2.75) is 20.6 Å². The molecule has 1 aromatic heterocycles. The van der Waals surface area contributed by atoms with E-state index in [-0.39, 0.29) is 12.6 Å². The number of aromatic nitrogens is 2. The highest BCUT2D eigenvalue weighted by Gasteiger charge is 2.13. The number of hydrogen-bond donors (Lipinski definition) is 1. The summed E-state index contributed by atoms with van der Waals surface area (Å²) in [6.07, 6.45) is 1.57. The van der Waals surface area contributed by atoms with Crippen molar-refractivity contribution in [3.05, 3.63) is 76.6 Å². The van der Waals surface area contributed by atoms with Crippen molar-refractivity contribution in [1.29, 1.82) is 0 Å². The summed E-state index contributed by atoms with van der Waals surface area (Å²) in [5.74, 6) is 0.423. The van der Waals surface area contributed by atoms with Gasteiger partial charge in [0.15, 0.2) is 6.73 Å². The van der Waals surface area contributed by atoms with Crippen LogP contribution in [-0.4, -0.2) is 15.7 Å². The maximum Gasteiger partial charge on any atom is 0.274 e. The Hall–Kier alpha value is -2.79. The van der Waals surface area contributed by atoms with Crippen molar-refractivity contribution >= 4 is 23.2 Å². The van der Waals surface area contributed by atoms with Crippen molar-refractivity contribution in [2.24, 2.45) is 0 Å². The summed E-state index contributed by atoms with van der Waals surface area (Å²) in [5, 5.41) is 7.72. The molecule has 0 fully saturated rings. The molecule has 1 heterocycles. The van der Waals surface area contributed by atoms with Gasteiger partial charge in [-0.05, 0) is 61.4 Å². The second-order valence-corrected chi connectivity index (χ2v) is 6.15. The number of nitrogens with one attached hydrogen (secondary N) is 1. The van der Waals surface area contributed by atoms with Crippen LogP contribution in [0.3, 0.4) is 0 Å². The molecule has 0 radical (unpaired) electrons. The monoisotopic (exact) mass is 355 g/mol. The van der Waals surface area contributed by atoms with E-state index < -0.39 is 0 Å². The van der Waals surface area contributed by atoms with E-state index in [1.54, 1.807) is 36.5 Å². The molecule has 1 N–H and O–H groups in total. The van der Waals surface area contributed by atoms with Gasteiger partial charge in [0.05, 0.1) is 0 Å². The highest BCUT2D eigenvalue weighted by Crippen LogP contribution is 2.18. The number of rotatable bonds is 5. The zero-order valence-corrected chi connectivity index (χ0v) is 14.7. The zero-order valence-electron chi connectivity index (χ0n) is 14.0. The number of nitrogens with zero attached hydrogens (tertiary/aromatic N) is 2. The predicted molar refractivity (Wildman–Crippen MR) is 98.2 cm³/mol. The third-order valence-electron chi connectivity index (χ3n) is 3.76. The second-order valence-electron chi connectivity index (χ2n) is 5.72. The van der Waals surface area contributed by atoms with Gasteiger partial charge in [-0.15, -0.1) is 0 Å². The normalized spacial score (nSPS) is 10.5. The van der Waals surface area contributed by atoms with Crippen LogP contribution in [0.4, 0.5) is 5.69 Å². The summed E-state index contributed by atoms with van der Waals surface area (Å²) >= 11 is 5.85. The summed E-state index contributed by atoms with van der Waals surface area (Å²) in [5.41, 5.74) is 3.30. The largest absolute Gasteiger partial charge is 0.471 e. The van der Waals surface area contributed by atoms with Crippen LogP contribution in [0.1, 0.15) is 21.6 Å². The highest BCUT2D eigenvalue weighted by molar-refractivity contribution is 6.30. The zero-order chi connectivity index (χ0) is 17.8. The van der Waals surface area contributed by atoms with Gasteiger partial charge < -0.3 is 10.1 Å². The predicted octanol–water partition coefficient (Wildman–Crippen LogP) is 4.44. The Kier molecular flexibility index (Phi) is 5.05. The number of anilines is 1. The lowest BCUT2D eigenvalue weighted by molar-refractivity contribution is 0.100. The molecule has 1 amide bonds. The van der Waals surface area contributed by atoms with Gasteiger partial charge in [-0.1, -0.05) is 23.7 Å². The molecule has 0 atom stereocenters. The van der Waals surface area contributed by atoms with Crippen LogP contribution >= 0.6 is 11.6 Å². The van der Waals surface area contributed by atoms with Crippen molar-refractivity contribution in [1.82, 2.24) is 9.78 Å². The molecule has 0 aliphatic rings. The molecule has 128 valence electrons. The lowest BCUT2D eigenvalue weighted by Crippen LogP contribution is -2.20. The third-order valence-corrected chi connectivity index (χ3v) is 4.01. The number of carbonyl (C=O) groups excluding carboxylic acids is 1. The molecule has 3 aromatic rings. The van der Waals surface area contributed by atoms with Crippen LogP contribution in [-0.2, 0) is 6.73 Å². The van der Waals surface area contributed by atoms with Gasteiger partial charge in [0.1, 0.15) is 11.4 Å². The molecule has 3 rings (SSSR count). The number of hydrogen-bond acceptors (Lipinski definition) is 3. The van der Waals surface area contributed by atoms with Crippen LogP contribution in [0.5, 0.6) is 5.75 Å². The fourth-order valence-electron chi connectivity index (χ4n) is 2.35. The summed E-state index contributed by atoms with van der Waals surface area (Å²) < 4.78 is 7.16. The third kappa shape index (κ3) is 4.19. The van der Waals surface area contributed by atoms with Crippen LogP contribution in [0, 0.1) is 13.8 Å². The molecule has 6 heteroatoms. The molecular weight excluding hydrogens is 338 g/mol. The van der Waals surface area contributed by atoms with Gasteiger partial charge in [0.2, 0.25) is 0 Å². The Balaban J connectivity index is 1.71. The van der Waals surface area contributed by atoms with E-state index >= 15 is 0 Å². The van der Waals surface area contributed by atoms with Crippen molar-refractivity contribution in [3.8, 4) is 5.75 Å². The number of benzene rings is 2. The van der Waals surface area contributed by atoms with Gasteiger partial charge in [-0.25, -0.2) is 4.68 Å². The first-order valence-electron chi connectivity index (χ1n) is 7.82. The molecule has 0 saturated carbocycles. The maximum atomic E-state index is 12.6. The quantitative estimate of drug-likeness (QED) is 0.736. The molecule has 0 spiro atoms. The Bertz CT molecular complexity index is 888. The summed E-state index contributed by atoms with van der Waals surface area (Å²) in [6.45, 7) is 4.07. The molecule has 0 saturated heterocycles. The number of amides is 1. The minimum Gasteiger partial charge on any atom is -0.471 e. The topological polar surface area (TPSA) is 56.2 Å². The van der Waals surface area contributed by atoms with Crippen LogP contribution in [0.25, 0.3) is 0 Å². The number of carbonyl (C=O) groups is 1. The van der Waals surface area contributed by atoms with Gasteiger partial charge in [0, 0.05) is 16.9 Å². The van der Waals surface area contributed by atoms with E-state index in [1.165, 1.54) is 4.68 Å². The molecule has 0 aliphatic heterocycles. The Morgan fingerprint density at radius 1 is 1.16 bits per heavy atom. The van der Waals surface area contributed by atoms with Gasteiger partial charge in [-0.2, -0.15) is 5.10 Å². The first kappa shape index (κ1) is 17.0. The van der Waals surface area contributed by atoms with Crippen molar-refractivity contribution < 1.29 is 9.53 Å². The van der Waals surface area contributed by atoms with E-state index in [9.17, 15) is 4.79 Å². The van der Waals surface area contributed by atoms with E-state index in [0.717, 1.165) is 16.8 Å². The van der Waals surface area contributed by atoms with E-state index in [4.69, 9.17) is 16.3 Å². The van der Waals surface area contributed by atoms with Crippen LogP contribution in [0.2, 0.25) is 5.02 Å². The van der Waals surface area contributed by atoms with Crippen LogP contribution in [0.15, 0.2) is 54.7 Å². The highest BCUT2D eigenvalue weighted by atomic mass is 35.5. The molecule has 25 heavy (non-hydrogen) atoms. The van der Waals surface area contributed by atoms with Crippen molar-refractivity contribution in [2.75, 3.05) is 5.32 Å². The van der Waals surface area contributed by atoms with E-state index in [2.05, 4.69) is 10.4 Å². The average Bonchev–Trinajstić information content (AvgIpc) is 3.06. The molecule has 0 aliphatic carbocycles. The Morgan fingerprint density at radius 2 is 1.92 bits per heavy atom. The first-order chi connectivity index (χ1) is 12.0.